The van der Waals surface area contributed by atoms with Crippen molar-refractivity contribution in [2.75, 3.05) is 0 Å². The Bertz CT molecular complexity index is 1690. The van der Waals surface area contributed by atoms with Gasteiger partial charge in [0, 0.05) is 32.8 Å². The van der Waals surface area contributed by atoms with Gasteiger partial charge in [0.05, 0.1) is 5.69 Å². The molecule has 3 heterocycles. The maximum absolute atomic E-state index is 6.46. The van der Waals surface area contributed by atoms with E-state index in [1.165, 1.54) is 37.9 Å². The van der Waals surface area contributed by atoms with E-state index in [0.29, 0.717) is 0 Å². The van der Waals surface area contributed by atoms with Crippen LogP contribution in [0.2, 0.25) is 0 Å². The fourth-order valence-corrected chi connectivity index (χ4v) is 5.92. The zero-order valence-corrected chi connectivity index (χ0v) is 21.0. The van der Waals surface area contributed by atoms with Crippen LogP contribution in [0.4, 0.5) is 0 Å². The van der Waals surface area contributed by atoms with Crippen LogP contribution >= 0.6 is 11.3 Å². The molecule has 6 aromatic rings. The molecule has 0 aliphatic heterocycles. The summed E-state index contributed by atoms with van der Waals surface area (Å²) in [5, 5.41) is 5.69. The van der Waals surface area contributed by atoms with E-state index in [4.69, 9.17) is 9.40 Å². The number of nitrogens with zero attached hydrogens (tertiary/aromatic N) is 1. The summed E-state index contributed by atoms with van der Waals surface area (Å²) >= 11 is 1.75. The van der Waals surface area contributed by atoms with Crippen LogP contribution in [0.25, 0.3) is 54.4 Å². The molecule has 0 fully saturated rings. The Morgan fingerprint density at radius 3 is 2.35 bits per heavy atom. The van der Waals surface area contributed by atoms with Gasteiger partial charge in [-0.3, -0.25) is 4.98 Å². The van der Waals surface area contributed by atoms with Crippen molar-refractivity contribution in [2.24, 2.45) is 0 Å². The van der Waals surface area contributed by atoms with Gasteiger partial charge in [-0.05, 0) is 82.6 Å². The van der Waals surface area contributed by atoms with Crippen LogP contribution in [0, 0.1) is 13.8 Å². The summed E-state index contributed by atoms with van der Waals surface area (Å²) in [6.45, 7) is 11.2. The van der Waals surface area contributed by atoms with Crippen molar-refractivity contribution in [3.8, 4) is 22.4 Å². The number of hydrogen-bond acceptors (Lipinski definition) is 3. The molecule has 6 rings (SSSR count). The molecule has 3 aromatic heterocycles. The van der Waals surface area contributed by atoms with Gasteiger partial charge in [0.2, 0.25) is 0 Å². The summed E-state index contributed by atoms with van der Waals surface area (Å²) in [6.07, 6.45) is 2.06. The number of benzene rings is 3. The van der Waals surface area contributed by atoms with Crippen LogP contribution < -0.4 is 0 Å². The molecule has 3 aromatic carbocycles. The first-order chi connectivity index (χ1) is 16.3. The summed E-state index contributed by atoms with van der Waals surface area (Å²) in [7, 11) is 0. The molecule has 0 unspecified atom stereocenters. The molecule has 0 N–H and O–H groups in total. The topological polar surface area (TPSA) is 26.0 Å². The average Bonchev–Trinajstić information content (AvgIpc) is 3.40. The number of furan rings is 1. The summed E-state index contributed by atoms with van der Waals surface area (Å²) in [4.78, 5) is 4.99. The van der Waals surface area contributed by atoms with E-state index in [0.717, 1.165) is 33.2 Å². The number of thiophene rings is 1. The Hall–Kier alpha value is -3.43. The van der Waals surface area contributed by atoms with E-state index in [1.54, 1.807) is 11.3 Å². The lowest BCUT2D eigenvalue weighted by atomic mass is 9.80. The van der Waals surface area contributed by atoms with Crippen molar-refractivity contribution in [3.63, 3.8) is 0 Å². The van der Waals surface area contributed by atoms with Gasteiger partial charge >= 0.3 is 0 Å². The van der Waals surface area contributed by atoms with E-state index >= 15 is 0 Å². The lowest BCUT2D eigenvalue weighted by Gasteiger charge is -2.25. The van der Waals surface area contributed by atoms with Gasteiger partial charge in [-0.2, -0.15) is 0 Å². The van der Waals surface area contributed by atoms with Gasteiger partial charge in [0.25, 0.3) is 0 Å². The molecule has 168 valence electrons. The van der Waals surface area contributed by atoms with Gasteiger partial charge in [-0.15, -0.1) is 11.3 Å². The Balaban J connectivity index is 1.60. The highest BCUT2D eigenvalue weighted by atomic mass is 32.1. The highest BCUT2D eigenvalue weighted by molar-refractivity contribution is 7.17. The van der Waals surface area contributed by atoms with Crippen LogP contribution in [0.5, 0.6) is 0 Å². The van der Waals surface area contributed by atoms with Crippen molar-refractivity contribution in [1.29, 1.82) is 0 Å². The first-order valence-corrected chi connectivity index (χ1v) is 12.6. The predicted octanol–water partition coefficient (Wildman–Crippen LogP) is 9.44. The Morgan fingerprint density at radius 1 is 0.824 bits per heavy atom. The number of aryl methyl sites for hydroxylation is 2. The molecule has 0 spiro atoms. The lowest BCUT2D eigenvalue weighted by Crippen LogP contribution is -2.14. The minimum absolute atomic E-state index is 0.0338. The van der Waals surface area contributed by atoms with E-state index < -0.39 is 0 Å². The van der Waals surface area contributed by atoms with E-state index in [9.17, 15) is 0 Å². The second-order valence-corrected chi connectivity index (χ2v) is 11.2. The van der Waals surface area contributed by atoms with Crippen molar-refractivity contribution >= 4 is 43.4 Å². The van der Waals surface area contributed by atoms with Crippen LogP contribution in [0.3, 0.4) is 0 Å². The Labute approximate surface area is 203 Å². The number of para-hydroxylation sites is 1. The quantitative estimate of drug-likeness (QED) is 0.257. The summed E-state index contributed by atoms with van der Waals surface area (Å²) in [5.41, 5.74) is 10.1. The second-order valence-electron chi connectivity index (χ2n) is 10.2. The van der Waals surface area contributed by atoms with Gasteiger partial charge in [-0.1, -0.05) is 51.1 Å². The second kappa shape index (κ2) is 7.54. The van der Waals surface area contributed by atoms with Crippen LogP contribution in [-0.2, 0) is 5.41 Å². The van der Waals surface area contributed by atoms with Crippen molar-refractivity contribution < 1.29 is 4.42 Å². The molecule has 0 aliphatic rings. The smallest absolute Gasteiger partial charge is 0.144 e. The average molecular weight is 462 g/mol. The van der Waals surface area contributed by atoms with Crippen molar-refractivity contribution in [3.05, 3.63) is 88.9 Å². The monoisotopic (exact) mass is 461 g/mol. The Morgan fingerprint density at radius 2 is 1.59 bits per heavy atom. The lowest BCUT2D eigenvalue weighted by molar-refractivity contribution is 0.591. The molecule has 0 radical (unpaired) electrons. The first-order valence-electron chi connectivity index (χ1n) is 11.7. The maximum Gasteiger partial charge on any atom is 0.144 e. The third-order valence-electron chi connectivity index (χ3n) is 6.81. The van der Waals surface area contributed by atoms with Gasteiger partial charge in [0.1, 0.15) is 11.2 Å². The van der Waals surface area contributed by atoms with E-state index in [-0.39, 0.29) is 5.41 Å². The molecule has 3 heteroatoms. The summed E-state index contributed by atoms with van der Waals surface area (Å²) in [5.74, 6) is 0. The minimum Gasteiger partial charge on any atom is -0.455 e. The molecule has 0 bridgehead atoms. The molecule has 34 heavy (non-hydrogen) atoms. The normalized spacial score (nSPS) is 12.3. The minimum atomic E-state index is -0.0338. The van der Waals surface area contributed by atoms with Gasteiger partial charge in [0.15, 0.2) is 0 Å². The molecule has 2 nitrogen and oxygen atoms in total. The number of pyridine rings is 1. The van der Waals surface area contributed by atoms with Crippen molar-refractivity contribution in [1.82, 2.24) is 4.98 Å². The number of rotatable bonds is 2. The van der Waals surface area contributed by atoms with Crippen LogP contribution in [0.15, 0.2) is 76.7 Å². The zero-order chi connectivity index (χ0) is 23.6. The van der Waals surface area contributed by atoms with Crippen LogP contribution in [0.1, 0.15) is 37.5 Å². The highest BCUT2D eigenvalue weighted by Crippen LogP contribution is 2.41. The third-order valence-corrected chi connectivity index (χ3v) is 7.69. The molecule has 0 atom stereocenters. The molecule has 0 amide bonds. The van der Waals surface area contributed by atoms with E-state index in [2.05, 4.69) is 107 Å². The molecular weight excluding hydrogens is 434 g/mol. The maximum atomic E-state index is 6.46. The number of aromatic nitrogens is 1. The summed E-state index contributed by atoms with van der Waals surface area (Å²) < 4.78 is 7.71. The molecule has 0 aliphatic carbocycles. The number of fused-ring (bicyclic) bond motifs is 4. The first kappa shape index (κ1) is 21.1. The molecule has 0 saturated carbocycles. The standard InChI is InChI=1S/C31H27NOS/c1-18-8-6-9-19(2)29(18)24-17-32-26(15-25(24)31(3,4)5)22-11-7-10-21-23-14-20-12-13-34-28(20)16-27(23)33-30(21)22/h6-17H,1-5H3. The van der Waals surface area contributed by atoms with Crippen molar-refractivity contribution in [2.45, 2.75) is 40.0 Å². The van der Waals surface area contributed by atoms with E-state index in [1.807, 2.05) is 0 Å². The SMILES string of the molecule is Cc1cccc(C)c1-c1cnc(-c2cccc3c2oc2cc4sccc4cc23)cc1C(C)(C)C. The van der Waals surface area contributed by atoms with Gasteiger partial charge in [-0.25, -0.2) is 0 Å². The molecule has 0 saturated heterocycles. The largest absolute Gasteiger partial charge is 0.455 e. The molecular formula is C31H27NOS. The Kier molecular flexibility index (Phi) is 4.69. The van der Waals surface area contributed by atoms with Crippen LogP contribution in [-0.4, -0.2) is 4.98 Å². The predicted molar refractivity (Wildman–Crippen MR) is 146 cm³/mol. The zero-order valence-electron chi connectivity index (χ0n) is 20.2. The fourth-order valence-electron chi connectivity index (χ4n) is 5.12. The third kappa shape index (κ3) is 3.26. The fraction of sp³-hybridized carbons (Fsp3) is 0.194. The van der Waals surface area contributed by atoms with Gasteiger partial charge < -0.3 is 4.42 Å². The number of hydrogen-bond donors (Lipinski definition) is 0. The summed E-state index contributed by atoms with van der Waals surface area (Å²) in [6, 6.07) is 21.7. The highest BCUT2D eigenvalue weighted by Gasteiger charge is 2.23.